The third-order valence-corrected chi connectivity index (χ3v) is 5.05. The van der Waals surface area contributed by atoms with Crippen LogP contribution in [0.4, 0.5) is 5.69 Å². The number of hydrogen-bond donors (Lipinski definition) is 2. The van der Waals surface area contributed by atoms with E-state index in [9.17, 15) is 14.4 Å². The monoisotopic (exact) mass is 452 g/mol. The topological polar surface area (TPSA) is 99.9 Å². The lowest BCUT2D eigenvalue weighted by molar-refractivity contribution is -0.122. The summed E-state index contributed by atoms with van der Waals surface area (Å²) in [7, 11) is 0. The van der Waals surface area contributed by atoms with Crippen LogP contribution in [0.15, 0.2) is 70.7 Å². The molecule has 2 amide bonds. The Morgan fingerprint density at radius 3 is 2.35 bits per heavy atom. The van der Waals surface area contributed by atoms with E-state index in [0.717, 1.165) is 10.5 Å². The number of carbonyl (C=O) groups excluding carboxylic acids is 2. The zero-order valence-electron chi connectivity index (χ0n) is 15.7. The molecule has 2 aromatic carbocycles. The van der Waals surface area contributed by atoms with Gasteiger partial charge in [-0.25, -0.2) is 4.79 Å². The normalized spacial score (nSPS) is 15.3. The molecule has 0 atom stereocenters. The number of anilines is 1. The van der Waals surface area contributed by atoms with Gasteiger partial charge in [0.2, 0.25) is 0 Å². The summed E-state index contributed by atoms with van der Waals surface area (Å²) in [5.41, 5.74) is 0.999. The highest BCUT2D eigenvalue weighted by molar-refractivity contribution is 7.80. The summed E-state index contributed by atoms with van der Waals surface area (Å²) >= 11 is 11.0. The first-order chi connectivity index (χ1) is 14.8. The molecule has 2 N–H and O–H groups in total. The molecule has 1 aromatic heterocycles. The summed E-state index contributed by atoms with van der Waals surface area (Å²) in [6.45, 7) is 0. The SMILES string of the molecule is O=C1NC(=S)N(c2ccc(C(=O)O)cc2)C(=O)/C1=C/c1ccc(-c2ccc(Cl)cc2)o1. The summed E-state index contributed by atoms with van der Waals surface area (Å²) in [6.07, 6.45) is 1.33. The molecular formula is C22H13ClN2O5S. The average Bonchev–Trinajstić information content (AvgIpc) is 3.20. The molecule has 0 spiro atoms. The third kappa shape index (κ3) is 4.11. The Balaban J connectivity index is 1.65. The molecule has 1 fully saturated rings. The Morgan fingerprint density at radius 1 is 1.03 bits per heavy atom. The molecule has 0 bridgehead atoms. The maximum Gasteiger partial charge on any atom is 0.335 e. The highest BCUT2D eigenvalue weighted by atomic mass is 35.5. The van der Waals surface area contributed by atoms with Crippen molar-refractivity contribution in [3.63, 3.8) is 0 Å². The fourth-order valence-electron chi connectivity index (χ4n) is 2.99. The lowest BCUT2D eigenvalue weighted by Gasteiger charge is -2.28. The Hall–Kier alpha value is -3.75. The van der Waals surface area contributed by atoms with E-state index in [1.165, 1.54) is 30.3 Å². The maximum atomic E-state index is 13.0. The number of carbonyl (C=O) groups is 3. The molecule has 0 radical (unpaired) electrons. The number of halogens is 1. The second-order valence-corrected chi connectivity index (χ2v) is 7.34. The smallest absolute Gasteiger partial charge is 0.335 e. The molecule has 7 nitrogen and oxygen atoms in total. The van der Waals surface area contributed by atoms with Crippen LogP contribution in [0.5, 0.6) is 0 Å². The number of rotatable bonds is 4. The zero-order chi connectivity index (χ0) is 22.1. The number of amides is 2. The van der Waals surface area contributed by atoms with Crippen LogP contribution in [0.2, 0.25) is 5.02 Å². The van der Waals surface area contributed by atoms with Gasteiger partial charge < -0.3 is 9.52 Å². The summed E-state index contributed by atoms with van der Waals surface area (Å²) in [5, 5.41) is 12.0. The minimum Gasteiger partial charge on any atom is -0.478 e. The number of nitrogens with one attached hydrogen (secondary N) is 1. The van der Waals surface area contributed by atoms with Gasteiger partial charge in [-0.3, -0.25) is 19.8 Å². The van der Waals surface area contributed by atoms with Crippen molar-refractivity contribution < 1.29 is 23.9 Å². The van der Waals surface area contributed by atoms with Gasteiger partial charge in [0.05, 0.1) is 11.3 Å². The fourth-order valence-corrected chi connectivity index (χ4v) is 3.39. The largest absolute Gasteiger partial charge is 0.478 e. The molecule has 1 aliphatic heterocycles. The van der Waals surface area contributed by atoms with Crippen molar-refractivity contribution in [1.29, 1.82) is 0 Å². The van der Waals surface area contributed by atoms with Gasteiger partial charge in [0.25, 0.3) is 11.8 Å². The minimum atomic E-state index is -1.10. The number of carboxylic acid groups (broad SMARTS) is 1. The van der Waals surface area contributed by atoms with Gasteiger partial charge in [-0.05, 0) is 79.0 Å². The van der Waals surface area contributed by atoms with E-state index in [1.807, 2.05) is 0 Å². The van der Waals surface area contributed by atoms with Crippen LogP contribution in [-0.4, -0.2) is 28.0 Å². The van der Waals surface area contributed by atoms with Crippen molar-refractivity contribution in [3.05, 3.63) is 82.6 Å². The van der Waals surface area contributed by atoms with Gasteiger partial charge in [0, 0.05) is 10.6 Å². The van der Waals surface area contributed by atoms with Gasteiger partial charge in [-0.15, -0.1) is 0 Å². The molecule has 1 aliphatic rings. The van der Waals surface area contributed by atoms with Gasteiger partial charge >= 0.3 is 5.97 Å². The van der Waals surface area contributed by atoms with Crippen molar-refractivity contribution >= 4 is 58.5 Å². The van der Waals surface area contributed by atoms with Crippen molar-refractivity contribution in [1.82, 2.24) is 5.32 Å². The number of benzene rings is 2. The second-order valence-electron chi connectivity index (χ2n) is 6.52. The number of hydrogen-bond acceptors (Lipinski definition) is 5. The number of furan rings is 1. The number of aromatic carboxylic acids is 1. The van der Waals surface area contributed by atoms with E-state index in [1.54, 1.807) is 36.4 Å². The number of thiocarbonyl (C=S) groups is 1. The fraction of sp³-hybridized carbons (Fsp3) is 0. The number of carboxylic acids is 1. The quantitative estimate of drug-likeness (QED) is 0.351. The molecule has 0 saturated carbocycles. The summed E-state index contributed by atoms with van der Waals surface area (Å²) in [6, 6.07) is 16.0. The summed E-state index contributed by atoms with van der Waals surface area (Å²) in [5.74, 6) is -1.55. The first-order valence-corrected chi connectivity index (χ1v) is 9.73. The van der Waals surface area contributed by atoms with Crippen LogP contribution in [0.25, 0.3) is 17.4 Å². The van der Waals surface area contributed by atoms with Crippen LogP contribution in [-0.2, 0) is 9.59 Å². The molecule has 4 rings (SSSR count). The van der Waals surface area contributed by atoms with Crippen molar-refractivity contribution in [2.45, 2.75) is 0 Å². The van der Waals surface area contributed by atoms with Crippen LogP contribution in [0.3, 0.4) is 0 Å². The highest BCUT2D eigenvalue weighted by Crippen LogP contribution is 2.27. The van der Waals surface area contributed by atoms with E-state index in [-0.39, 0.29) is 16.2 Å². The lowest BCUT2D eigenvalue weighted by atomic mass is 10.1. The van der Waals surface area contributed by atoms with E-state index >= 15 is 0 Å². The molecule has 1 saturated heterocycles. The van der Waals surface area contributed by atoms with Gasteiger partial charge in [-0.2, -0.15) is 0 Å². The molecule has 2 heterocycles. The van der Waals surface area contributed by atoms with E-state index in [4.69, 9.17) is 33.3 Å². The van der Waals surface area contributed by atoms with Crippen LogP contribution < -0.4 is 10.2 Å². The van der Waals surface area contributed by atoms with Gasteiger partial charge in [0.1, 0.15) is 17.1 Å². The summed E-state index contributed by atoms with van der Waals surface area (Å²) < 4.78 is 5.75. The van der Waals surface area contributed by atoms with Crippen LogP contribution >= 0.6 is 23.8 Å². The van der Waals surface area contributed by atoms with E-state index < -0.39 is 17.8 Å². The van der Waals surface area contributed by atoms with Crippen molar-refractivity contribution in [2.75, 3.05) is 4.90 Å². The zero-order valence-corrected chi connectivity index (χ0v) is 17.2. The minimum absolute atomic E-state index is 0.0595. The average molecular weight is 453 g/mol. The molecular weight excluding hydrogens is 440 g/mol. The standard InChI is InChI=1S/C22H13ClN2O5S/c23-14-5-1-12(2-6-14)18-10-9-16(30-18)11-17-19(26)24-22(31)25(20(17)27)15-7-3-13(4-8-15)21(28)29/h1-11H,(H,28,29)(H,24,26,31)/b17-11+. The van der Waals surface area contributed by atoms with E-state index in [0.29, 0.717) is 22.2 Å². The molecule has 154 valence electrons. The molecule has 3 aromatic rings. The third-order valence-electron chi connectivity index (χ3n) is 4.52. The lowest BCUT2D eigenvalue weighted by Crippen LogP contribution is -2.54. The maximum absolute atomic E-state index is 13.0. The Bertz CT molecular complexity index is 1250. The Morgan fingerprint density at radius 2 is 1.71 bits per heavy atom. The van der Waals surface area contributed by atoms with Gasteiger partial charge in [-0.1, -0.05) is 11.6 Å². The van der Waals surface area contributed by atoms with Crippen molar-refractivity contribution in [3.8, 4) is 11.3 Å². The highest BCUT2D eigenvalue weighted by Gasteiger charge is 2.34. The van der Waals surface area contributed by atoms with Gasteiger partial charge in [0.15, 0.2) is 5.11 Å². The summed E-state index contributed by atoms with van der Waals surface area (Å²) in [4.78, 5) is 37.6. The predicted octanol–water partition coefficient (Wildman–Crippen LogP) is 4.13. The second kappa shape index (κ2) is 8.17. The molecule has 0 unspecified atom stereocenters. The predicted molar refractivity (Wildman–Crippen MR) is 119 cm³/mol. The van der Waals surface area contributed by atoms with Crippen molar-refractivity contribution in [2.24, 2.45) is 0 Å². The molecule has 0 aliphatic carbocycles. The molecule has 9 heteroatoms. The first-order valence-electron chi connectivity index (χ1n) is 8.94. The number of nitrogens with zero attached hydrogens (tertiary/aromatic N) is 1. The first kappa shape index (κ1) is 20.5. The Kier molecular flexibility index (Phi) is 5.41. The van der Waals surface area contributed by atoms with E-state index in [2.05, 4.69) is 5.32 Å². The van der Waals surface area contributed by atoms with Crippen LogP contribution in [0.1, 0.15) is 16.1 Å². The van der Waals surface area contributed by atoms with Crippen LogP contribution in [0, 0.1) is 0 Å². The Labute approximate surface area is 186 Å². The molecule has 31 heavy (non-hydrogen) atoms.